The second kappa shape index (κ2) is 8.22. The van der Waals surface area contributed by atoms with Gasteiger partial charge in [0.15, 0.2) is 5.78 Å². The van der Waals surface area contributed by atoms with Gasteiger partial charge in [0.05, 0.1) is 18.1 Å². The molecule has 0 radical (unpaired) electrons. The monoisotopic (exact) mass is 419 g/mol. The van der Waals surface area contributed by atoms with Gasteiger partial charge in [-0.1, -0.05) is 44.2 Å². The van der Waals surface area contributed by atoms with Gasteiger partial charge in [0.2, 0.25) is 0 Å². The van der Waals surface area contributed by atoms with E-state index in [0.717, 1.165) is 23.4 Å². The molecule has 5 nitrogen and oxygen atoms in total. The zero-order valence-electron chi connectivity index (χ0n) is 18.6. The molecule has 0 saturated heterocycles. The van der Waals surface area contributed by atoms with Crippen molar-refractivity contribution >= 4 is 11.8 Å². The molecule has 0 amide bonds. The molecule has 2 aromatic rings. The highest BCUT2D eigenvalue weighted by Crippen LogP contribution is 2.47. The number of furan rings is 1. The van der Waals surface area contributed by atoms with E-state index in [1.807, 2.05) is 56.3 Å². The number of hydrogen-bond donors (Lipinski definition) is 1. The highest BCUT2D eigenvalue weighted by Gasteiger charge is 2.44. The van der Waals surface area contributed by atoms with Crippen molar-refractivity contribution in [1.29, 1.82) is 0 Å². The van der Waals surface area contributed by atoms with Crippen LogP contribution < -0.4 is 5.32 Å². The smallest absolute Gasteiger partial charge is 0.336 e. The molecule has 2 heterocycles. The van der Waals surface area contributed by atoms with Crippen molar-refractivity contribution in [3.05, 3.63) is 82.1 Å². The molecule has 31 heavy (non-hydrogen) atoms. The van der Waals surface area contributed by atoms with Gasteiger partial charge >= 0.3 is 5.97 Å². The van der Waals surface area contributed by atoms with E-state index in [1.54, 1.807) is 0 Å². The molecule has 0 spiro atoms. The second-order valence-corrected chi connectivity index (χ2v) is 9.25. The van der Waals surface area contributed by atoms with Crippen LogP contribution in [0.25, 0.3) is 0 Å². The van der Waals surface area contributed by atoms with Crippen LogP contribution >= 0.6 is 0 Å². The number of carbonyl (C=O) groups excluding carboxylic acids is 2. The Morgan fingerprint density at radius 1 is 1.13 bits per heavy atom. The Bertz CT molecular complexity index is 1070. The molecule has 5 heteroatoms. The van der Waals surface area contributed by atoms with Gasteiger partial charge in [0.1, 0.15) is 11.5 Å². The molecule has 1 atom stereocenters. The summed E-state index contributed by atoms with van der Waals surface area (Å²) in [5.74, 6) is 0.449. The van der Waals surface area contributed by atoms with Crippen LogP contribution in [0, 0.1) is 12.3 Å². The Balaban J connectivity index is 1.64. The van der Waals surface area contributed by atoms with E-state index in [9.17, 15) is 9.59 Å². The Morgan fingerprint density at radius 2 is 1.87 bits per heavy atom. The topological polar surface area (TPSA) is 68.5 Å². The van der Waals surface area contributed by atoms with E-state index in [-0.39, 0.29) is 17.8 Å². The molecule has 1 aromatic heterocycles. The third-order valence-corrected chi connectivity index (χ3v) is 5.97. The largest absolute Gasteiger partial charge is 0.465 e. The van der Waals surface area contributed by atoms with Gasteiger partial charge < -0.3 is 14.5 Å². The summed E-state index contributed by atoms with van der Waals surface area (Å²) in [5.41, 5.74) is 3.67. The molecule has 2 aliphatic rings. The SMILES string of the molecule is CC1=C(C(=O)OCCc2ccccc2)[C@H](c2ccc(C)o2)C2=C(CC(C)(C)CC2=O)N1. The van der Waals surface area contributed by atoms with Gasteiger partial charge in [0.25, 0.3) is 0 Å². The van der Waals surface area contributed by atoms with Crippen molar-refractivity contribution in [2.45, 2.75) is 52.9 Å². The van der Waals surface area contributed by atoms with E-state index in [1.165, 1.54) is 0 Å². The van der Waals surface area contributed by atoms with Crippen LogP contribution in [-0.2, 0) is 20.7 Å². The summed E-state index contributed by atoms with van der Waals surface area (Å²) in [4.78, 5) is 26.4. The van der Waals surface area contributed by atoms with Gasteiger partial charge in [-0.15, -0.1) is 0 Å². The fourth-order valence-electron chi connectivity index (χ4n) is 4.58. The van der Waals surface area contributed by atoms with Crippen molar-refractivity contribution in [1.82, 2.24) is 5.32 Å². The summed E-state index contributed by atoms with van der Waals surface area (Å²) >= 11 is 0. The van der Waals surface area contributed by atoms with Crippen molar-refractivity contribution in [3.63, 3.8) is 0 Å². The summed E-state index contributed by atoms with van der Waals surface area (Å²) in [5, 5.41) is 3.35. The molecule has 162 valence electrons. The second-order valence-electron chi connectivity index (χ2n) is 9.25. The van der Waals surface area contributed by atoms with Crippen molar-refractivity contribution in [2.24, 2.45) is 5.41 Å². The van der Waals surface area contributed by atoms with E-state index < -0.39 is 11.9 Å². The third-order valence-electron chi connectivity index (χ3n) is 5.97. The maximum Gasteiger partial charge on any atom is 0.336 e. The summed E-state index contributed by atoms with van der Waals surface area (Å²) < 4.78 is 11.6. The molecule has 0 fully saturated rings. The van der Waals surface area contributed by atoms with Crippen LogP contribution in [0.15, 0.2) is 69.4 Å². The normalized spacial score (nSPS) is 20.4. The zero-order valence-corrected chi connectivity index (χ0v) is 18.6. The van der Waals surface area contributed by atoms with Crippen LogP contribution in [0.5, 0.6) is 0 Å². The van der Waals surface area contributed by atoms with Crippen LogP contribution in [0.2, 0.25) is 0 Å². The number of allylic oxidation sites excluding steroid dienone is 3. The average molecular weight is 420 g/mol. The average Bonchev–Trinajstić information content (AvgIpc) is 3.12. The van der Waals surface area contributed by atoms with E-state index >= 15 is 0 Å². The molecule has 0 bridgehead atoms. The molecule has 0 unspecified atom stereocenters. The molecule has 1 aromatic carbocycles. The predicted octanol–water partition coefficient (Wildman–Crippen LogP) is 4.98. The minimum absolute atomic E-state index is 0.0555. The molecule has 4 rings (SSSR count). The fourth-order valence-corrected chi connectivity index (χ4v) is 4.58. The number of benzene rings is 1. The maximum atomic E-state index is 13.2. The summed E-state index contributed by atoms with van der Waals surface area (Å²) in [6.45, 7) is 8.19. The van der Waals surface area contributed by atoms with Crippen LogP contribution in [-0.4, -0.2) is 18.4 Å². The van der Waals surface area contributed by atoms with E-state index in [2.05, 4.69) is 19.2 Å². The Hall–Kier alpha value is -3.08. The van der Waals surface area contributed by atoms with Crippen LogP contribution in [0.4, 0.5) is 0 Å². The molecular formula is C26H29NO4. The number of Topliss-reactive ketones (excluding diaryl/α,β-unsaturated/α-hetero) is 1. The van der Waals surface area contributed by atoms with E-state index in [4.69, 9.17) is 9.15 Å². The van der Waals surface area contributed by atoms with Crippen LogP contribution in [0.3, 0.4) is 0 Å². The first kappa shape index (κ1) is 21.2. The number of nitrogens with one attached hydrogen (secondary N) is 1. The Kier molecular flexibility index (Phi) is 5.61. The predicted molar refractivity (Wildman–Crippen MR) is 118 cm³/mol. The number of ether oxygens (including phenoxy) is 1. The summed E-state index contributed by atoms with van der Waals surface area (Å²) in [6, 6.07) is 13.6. The van der Waals surface area contributed by atoms with Gasteiger partial charge in [-0.2, -0.15) is 0 Å². The van der Waals surface area contributed by atoms with Gasteiger partial charge in [0, 0.05) is 29.8 Å². The number of rotatable bonds is 5. The molecule has 1 N–H and O–H groups in total. The van der Waals surface area contributed by atoms with Crippen molar-refractivity contribution in [3.8, 4) is 0 Å². The number of hydrogen-bond acceptors (Lipinski definition) is 5. The quantitative estimate of drug-likeness (QED) is 0.693. The number of dihydropyridines is 1. The first-order valence-electron chi connectivity index (χ1n) is 10.8. The van der Waals surface area contributed by atoms with Gasteiger partial charge in [-0.3, -0.25) is 4.79 Å². The Labute approximate surface area is 183 Å². The van der Waals surface area contributed by atoms with Crippen molar-refractivity contribution in [2.75, 3.05) is 6.61 Å². The minimum Gasteiger partial charge on any atom is -0.465 e. The minimum atomic E-state index is -0.544. The van der Waals surface area contributed by atoms with Crippen molar-refractivity contribution < 1.29 is 18.7 Å². The van der Waals surface area contributed by atoms with Gasteiger partial charge in [-0.25, -0.2) is 4.79 Å². The van der Waals surface area contributed by atoms with Crippen LogP contribution in [0.1, 0.15) is 56.6 Å². The first-order chi connectivity index (χ1) is 14.7. The standard InChI is InChI=1S/C26H29NO4/c1-16-10-11-21(31-16)24-22(25(29)30-13-12-18-8-6-5-7-9-18)17(2)27-19-14-26(3,4)15-20(28)23(19)24/h5-11,24,27H,12-15H2,1-4H3/t24-/m0/s1. The number of aryl methyl sites for hydroxylation is 1. The lowest BCUT2D eigenvalue weighted by Crippen LogP contribution is -2.38. The maximum absolute atomic E-state index is 13.2. The third kappa shape index (κ3) is 4.36. The summed E-state index contributed by atoms with van der Waals surface area (Å²) in [6.07, 6.45) is 1.83. The highest BCUT2D eigenvalue weighted by molar-refractivity contribution is 6.04. The molecular weight excluding hydrogens is 390 g/mol. The van der Waals surface area contributed by atoms with E-state index in [0.29, 0.717) is 35.4 Å². The van der Waals surface area contributed by atoms with Gasteiger partial charge in [-0.05, 0) is 43.4 Å². The number of ketones is 1. The Morgan fingerprint density at radius 3 is 2.55 bits per heavy atom. The molecule has 0 saturated carbocycles. The number of esters is 1. The first-order valence-corrected chi connectivity index (χ1v) is 10.8. The summed E-state index contributed by atoms with van der Waals surface area (Å²) in [7, 11) is 0. The lowest BCUT2D eigenvalue weighted by Gasteiger charge is -2.38. The molecule has 1 aliphatic heterocycles. The highest BCUT2D eigenvalue weighted by atomic mass is 16.5. The lowest BCUT2D eigenvalue weighted by atomic mass is 9.69. The number of carbonyl (C=O) groups is 2. The lowest BCUT2D eigenvalue weighted by molar-refractivity contribution is -0.139. The molecule has 1 aliphatic carbocycles. The fraction of sp³-hybridized carbons (Fsp3) is 0.385. The zero-order chi connectivity index (χ0) is 22.2.